The minimum absolute atomic E-state index is 0.601. The molecular formula is C22H34N4O2S. The quantitative estimate of drug-likeness (QED) is 0.409. The third-order valence-electron chi connectivity index (χ3n) is 4.31. The molecule has 0 aliphatic rings. The minimum Gasteiger partial charge on any atom is -0.492 e. The van der Waals surface area contributed by atoms with Crippen molar-refractivity contribution in [2.45, 2.75) is 26.9 Å². The molecule has 0 bridgehead atoms. The van der Waals surface area contributed by atoms with Crippen molar-refractivity contribution < 1.29 is 9.47 Å². The van der Waals surface area contributed by atoms with Gasteiger partial charge in [0, 0.05) is 36.5 Å². The van der Waals surface area contributed by atoms with Crippen LogP contribution in [0, 0.1) is 6.92 Å². The Bertz CT molecular complexity index is 748. The molecule has 6 nitrogen and oxygen atoms in total. The Labute approximate surface area is 178 Å². The second-order valence-corrected chi connectivity index (χ2v) is 8.23. The summed E-state index contributed by atoms with van der Waals surface area (Å²) in [6, 6.07) is 12.4. The van der Waals surface area contributed by atoms with Gasteiger partial charge in [-0.05, 0) is 50.7 Å². The summed E-state index contributed by atoms with van der Waals surface area (Å²) >= 11 is 1.81. The summed E-state index contributed by atoms with van der Waals surface area (Å²) in [7, 11) is 3.79. The molecule has 1 aromatic carbocycles. The van der Waals surface area contributed by atoms with Crippen molar-refractivity contribution in [1.82, 2.24) is 15.5 Å². The SMILES string of the molecule is CCNC(=NCc1cccc(OCCN(C)CCOC)c1)NCc1ccc(C)s1. The van der Waals surface area contributed by atoms with E-state index in [1.807, 2.05) is 12.1 Å². The first-order chi connectivity index (χ1) is 14.1. The van der Waals surface area contributed by atoms with Crippen LogP contribution in [0.2, 0.25) is 0 Å². The molecule has 2 aromatic rings. The second-order valence-electron chi connectivity index (χ2n) is 6.85. The van der Waals surface area contributed by atoms with Crippen molar-refractivity contribution in [3.63, 3.8) is 0 Å². The van der Waals surface area contributed by atoms with E-state index in [0.717, 1.165) is 50.1 Å². The van der Waals surface area contributed by atoms with Crippen molar-refractivity contribution in [2.24, 2.45) is 4.99 Å². The van der Waals surface area contributed by atoms with Crippen molar-refractivity contribution in [1.29, 1.82) is 0 Å². The van der Waals surface area contributed by atoms with E-state index in [-0.39, 0.29) is 0 Å². The van der Waals surface area contributed by atoms with Crippen LogP contribution in [-0.2, 0) is 17.8 Å². The molecule has 0 aliphatic heterocycles. The smallest absolute Gasteiger partial charge is 0.191 e. The number of ether oxygens (including phenoxy) is 2. The van der Waals surface area contributed by atoms with E-state index in [2.05, 4.69) is 60.7 Å². The number of aliphatic imine (C=N–C) groups is 1. The fourth-order valence-corrected chi connectivity index (χ4v) is 3.51. The van der Waals surface area contributed by atoms with Crippen LogP contribution in [0.4, 0.5) is 0 Å². The molecule has 2 rings (SSSR count). The highest BCUT2D eigenvalue weighted by Gasteiger charge is 2.03. The molecule has 0 spiro atoms. The maximum absolute atomic E-state index is 5.90. The number of thiophene rings is 1. The van der Waals surface area contributed by atoms with Crippen LogP contribution in [0.1, 0.15) is 22.2 Å². The number of methoxy groups -OCH3 is 1. The number of nitrogens with one attached hydrogen (secondary N) is 2. The Kier molecular flexibility index (Phi) is 10.5. The summed E-state index contributed by atoms with van der Waals surface area (Å²) in [5, 5.41) is 6.71. The zero-order chi connectivity index (χ0) is 20.9. The molecule has 0 saturated heterocycles. The molecule has 29 heavy (non-hydrogen) atoms. The normalized spacial score (nSPS) is 11.7. The van der Waals surface area contributed by atoms with Crippen LogP contribution in [0.5, 0.6) is 5.75 Å². The van der Waals surface area contributed by atoms with Gasteiger partial charge in [0.05, 0.1) is 19.7 Å². The third-order valence-corrected chi connectivity index (χ3v) is 5.31. The second kappa shape index (κ2) is 13.2. The number of rotatable bonds is 12. The molecule has 0 atom stereocenters. The lowest BCUT2D eigenvalue weighted by Gasteiger charge is -2.16. The highest BCUT2D eigenvalue weighted by molar-refractivity contribution is 7.11. The fourth-order valence-electron chi connectivity index (χ4n) is 2.67. The van der Waals surface area contributed by atoms with Gasteiger partial charge in [-0.3, -0.25) is 0 Å². The number of nitrogens with zero attached hydrogens (tertiary/aromatic N) is 2. The first-order valence-electron chi connectivity index (χ1n) is 10.1. The third kappa shape index (κ3) is 9.30. The first-order valence-corrected chi connectivity index (χ1v) is 10.9. The molecule has 0 radical (unpaired) electrons. The Morgan fingerprint density at radius 3 is 2.69 bits per heavy atom. The topological polar surface area (TPSA) is 58.1 Å². The summed E-state index contributed by atoms with van der Waals surface area (Å²) in [5.74, 6) is 1.70. The highest BCUT2D eigenvalue weighted by atomic mass is 32.1. The van der Waals surface area contributed by atoms with Gasteiger partial charge in [-0.2, -0.15) is 0 Å². The van der Waals surface area contributed by atoms with Gasteiger partial charge >= 0.3 is 0 Å². The van der Waals surface area contributed by atoms with E-state index < -0.39 is 0 Å². The Morgan fingerprint density at radius 2 is 1.97 bits per heavy atom. The van der Waals surface area contributed by atoms with Crippen LogP contribution >= 0.6 is 11.3 Å². The van der Waals surface area contributed by atoms with Crippen molar-refractivity contribution in [3.8, 4) is 5.75 Å². The number of guanidine groups is 1. The van der Waals surface area contributed by atoms with Gasteiger partial charge in [0.1, 0.15) is 12.4 Å². The number of hydrogen-bond acceptors (Lipinski definition) is 5. The van der Waals surface area contributed by atoms with E-state index in [0.29, 0.717) is 13.2 Å². The lowest BCUT2D eigenvalue weighted by molar-refractivity contribution is 0.150. The molecule has 0 aliphatic carbocycles. The van der Waals surface area contributed by atoms with Crippen LogP contribution < -0.4 is 15.4 Å². The van der Waals surface area contributed by atoms with Crippen molar-refractivity contribution in [3.05, 3.63) is 51.7 Å². The molecule has 1 aromatic heterocycles. The van der Waals surface area contributed by atoms with Crippen molar-refractivity contribution in [2.75, 3.05) is 47.0 Å². The molecule has 2 N–H and O–H groups in total. The first kappa shape index (κ1) is 23.2. The predicted molar refractivity (Wildman–Crippen MR) is 122 cm³/mol. The zero-order valence-electron chi connectivity index (χ0n) is 18.0. The fraction of sp³-hybridized carbons (Fsp3) is 0.500. The number of benzene rings is 1. The van der Waals surface area contributed by atoms with E-state index in [4.69, 9.17) is 14.5 Å². The Balaban J connectivity index is 1.84. The molecular weight excluding hydrogens is 384 g/mol. The number of aryl methyl sites for hydroxylation is 1. The summed E-state index contributed by atoms with van der Waals surface area (Å²) in [5.41, 5.74) is 1.12. The van der Waals surface area contributed by atoms with E-state index in [9.17, 15) is 0 Å². The van der Waals surface area contributed by atoms with E-state index in [1.54, 1.807) is 18.4 Å². The molecule has 1 heterocycles. The summed E-state index contributed by atoms with van der Waals surface area (Å²) in [6.07, 6.45) is 0. The average Bonchev–Trinajstić information content (AvgIpc) is 3.14. The molecule has 0 saturated carbocycles. The van der Waals surface area contributed by atoms with Gasteiger partial charge in [0.15, 0.2) is 5.96 Å². The van der Waals surface area contributed by atoms with E-state index >= 15 is 0 Å². The van der Waals surface area contributed by atoms with Crippen LogP contribution in [0.25, 0.3) is 0 Å². The summed E-state index contributed by atoms with van der Waals surface area (Å²) in [4.78, 5) is 9.53. The molecule has 0 unspecified atom stereocenters. The van der Waals surface area contributed by atoms with Crippen LogP contribution in [0.3, 0.4) is 0 Å². The molecule has 160 valence electrons. The Morgan fingerprint density at radius 1 is 1.14 bits per heavy atom. The van der Waals surface area contributed by atoms with Gasteiger partial charge in [-0.1, -0.05) is 12.1 Å². The van der Waals surface area contributed by atoms with Crippen molar-refractivity contribution >= 4 is 17.3 Å². The zero-order valence-corrected chi connectivity index (χ0v) is 18.8. The molecule has 7 heteroatoms. The highest BCUT2D eigenvalue weighted by Crippen LogP contribution is 2.15. The standard InChI is InChI=1S/C22H34N4O2S/c1-5-23-22(25-17-21-10-9-18(2)29-21)24-16-19-7-6-8-20(15-19)28-14-12-26(3)11-13-27-4/h6-10,15H,5,11-14,16-17H2,1-4H3,(H2,23,24,25). The minimum atomic E-state index is 0.601. The monoisotopic (exact) mass is 418 g/mol. The maximum Gasteiger partial charge on any atom is 0.191 e. The van der Waals surface area contributed by atoms with Gasteiger partial charge in [-0.25, -0.2) is 4.99 Å². The summed E-state index contributed by atoms with van der Waals surface area (Å²) in [6.45, 7) is 9.56. The van der Waals surface area contributed by atoms with Gasteiger partial charge in [0.25, 0.3) is 0 Å². The number of likely N-dealkylation sites (N-methyl/N-ethyl adjacent to an activating group) is 1. The van der Waals surface area contributed by atoms with Gasteiger partial charge in [0.2, 0.25) is 0 Å². The lowest BCUT2D eigenvalue weighted by Crippen LogP contribution is -2.36. The largest absolute Gasteiger partial charge is 0.492 e. The van der Waals surface area contributed by atoms with Gasteiger partial charge < -0.3 is 25.0 Å². The van der Waals surface area contributed by atoms with Crippen LogP contribution in [-0.4, -0.2) is 57.9 Å². The Hall–Kier alpha value is -2.09. The van der Waals surface area contributed by atoms with Crippen LogP contribution in [0.15, 0.2) is 41.4 Å². The predicted octanol–water partition coefficient (Wildman–Crippen LogP) is 3.27. The lowest BCUT2D eigenvalue weighted by atomic mass is 10.2. The molecule has 0 fully saturated rings. The molecule has 0 amide bonds. The summed E-state index contributed by atoms with van der Waals surface area (Å²) < 4.78 is 11.0. The maximum atomic E-state index is 5.90. The van der Waals surface area contributed by atoms with Gasteiger partial charge in [-0.15, -0.1) is 11.3 Å². The van der Waals surface area contributed by atoms with E-state index in [1.165, 1.54) is 9.75 Å². The average molecular weight is 419 g/mol. The number of hydrogen-bond donors (Lipinski definition) is 2.